The number of furan rings is 1. The molecule has 3 rings (SSSR count). The van der Waals surface area contributed by atoms with Crippen molar-refractivity contribution in [3.63, 3.8) is 0 Å². The molecular formula is C21H22N2O2. The molecule has 0 saturated carbocycles. The van der Waals surface area contributed by atoms with Gasteiger partial charge in [-0.2, -0.15) is 0 Å². The molecule has 1 N–H and O–H groups in total. The van der Waals surface area contributed by atoms with E-state index in [1.165, 1.54) is 5.56 Å². The number of aryl methyl sites for hydroxylation is 1. The van der Waals surface area contributed by atoms with E-state index in [1.54, 1.807) is 18.7 Å². The van der Waals surface area contributed by atoms with Crippen LogP contribution >= 0.6 is 0 Å². The Bertz CT molecular complexity index is 755. The van der Waals surface area contributed by atoms with Crippen molar-refractivity contribution in [2.75, 3.05) is 6.54 Å². The van der Waals surface area contributed by atoms with Gasteiger partial charge in [-0.3, -0.25) is 9.78 Å². The highest BCUT2D eigenvalue weighted by Gasteiger charge is 2.16. The molecule has 4 nitrogen and oxygen atoms in total. The van der Waals surface area contributed by atoms with E-state index in [0.29, 0.717) is 19.4 Å². The van der Waals surface area contributed by atoms with Crippen molar-refractivity contribution < 1.29 is 9.21 Å². The molecule has 4 heteroatoms. The highest BCUT2D eigenvalue weighted by Crippen LogP contribution is 2.27. The predicted octanol–water partition coefficient (Wildman–Crippen LogP) is 3.95. The SMILES string of the molecule is O=C(CCc1cccnc1)NCCC(c1ccccc1)c1ccco1. The van der Waals surface area contributed by atoms with Crippen molar-refractivity contribution in [3.8, 4) is 0 Å². The van der Waals surface area contributed by atoms with E-state index in [0.717, 1.165) is 17.7 Å². The third-order valence-electron chi connectivity index (χ3n) is 4.21. The fourth-order valence-electron chi connectivity index (χ4n) is 2.90. The lowest BCUT2D eigenvalue weighted by atomic mass is 9.93. The smallest absolute Gasteiger partial charge is 0.220 e. The molecule has 0 bridgehead atoms. The summed E-state index contributed by atoms with van der Waals surface area (Å²) >= 11 is 0. The molecule has 2 heterocycles. The minimum atomic E-state index is 0.0649. The number of nitrogens with zero attached hydrogens (tertiary/aromatic N) is 1. The average molecular weight is 334 g/mol. The third kappa shape index (κ3) is 5.05. The number of benzene rings is 1. The first-order valence-corrected chi connectivity index (χ1v) is 8.57. The lowest BCUT2D eigenvalue weighted by molar-refractivity contribution is -0.121. The molecule has 1 aromatic carbocycles. The van der Waals surface area contributed by atoms with Crippen LogP contribution in [0.4, 0.5) is 0 Å². The van der Waals surface area contributed by atoms with Gasteiger partial charge in [-0.15, -0.1) is 0 Å². The van der Waals surface area contributed by atoms with Crippen molar-refractivity contribution in [1.29, 1.82) is 0 Å². The van der Waals surface area contributed by atoms with Crippen LogP contribution in [-0.2, 0) is 11.2 Å². The number of nitrogens with one attached hydrogen (secondary N) is 1. The van der Waals surface area contributed by atoms with Crippen LogP contribution in [0.25, 0.3) is 0 Å². The van der Waals surface area contributed by atoms with Gasteiger partial charge in [0, 0.05) is 31.3 Å². The zero-order chi connectivity index (χ0) is 17.3. The molecule has 1 amide bonds. The molecule has 3 aromatic rings. The molecule has 0 fully saturated rings. The van der Waals surface area contributed by atoms with Crippen molar-refractivity contribution in [2.45, 2.75) is 25.2 Å². The van der Waals surface area contributed by atoms with Gasteiger partial charge in [0.1, 0.15) is 5.76 Å². The Hall–Kier alpha value is -2.88. The number of hydrogen-bond acceptors (Lipinski definition) is 3. The van der Waals surface area contributed by atoms with Crippen LogP contribution < -0.4 is 5.32 Å². The normalized spacial score (nSPS) is 11.8. The Morgan fingerprint density at radius 3 is 2.68 bits per heavy atom. The molecule has 1 atom stereocenters. The summed E-state index contributed by atoms with van der Waals surface area (Å²) in [5.74, 6) is 1.14. The first-order chi connectivity index (χ1) is 12.3. The van der Waals surface area contributed by atoms with E-state index in [1.807, 2.05) is 42.5 Å². The minimum absolute atomic E-state index is 0.0649. The van der Waals surface area contributed by atoms with Gasteiger partial charge in [-0.05, 0) is 42.2 Å². The first-order valence-electron chi connectivity index (χ1n) is 8.57. The molecule has 1 unspecified atom stereocenters. The summed E-state index contributed by atoms with van der Waals surface area (Å²) in [4.78, 5) is 16.1. The van der Waals surface area contributed by atoms with E-state index >= 15 is 0 Å². The Kier molecular flexibility index (Phi) is 5.99. The summed E-state index contributed by atoms with van der Waals surface area (Å²) < 4.78 is 5.59. The molecule has 0 radical (unpaired) electrons. The molecular weight excluding hydrogens is 312 g/mol. The van der Waals surface area contributed by atoms with Gasteiger partial charge in [0.05, 0.1) is 6.26 Å². The first kappa shape index (κ1) is 17.0. The molecule has 0 spiro atoms. The molecule has 0 aliphatic carbocycles. The maximum absolute atomic E-state index is 12.1. The van der Waals surface area contributed by atoms with Crippen molar-refractivity contribution in [1.82, 2.24) is 10.3 Å². The topological polar surface area (TPSA) is 55.1 Å². The molecule has 0 aliphatic rings. The highest BCUT2D eigenvalue weighted by atomic mass is 16.3. The van der Waals surface area contributed by atoms with E-state index in [-0.39, 0.29) is 11.8 Å². The Balaban J connectivity index is 1.51. The fourth-order valence-corrected chi connectivity index (χ4v) is 2.90. The predicted molar refractivity (Wildman–Crippen MR) is 97.2 cm³/mol. The fraction of sp³-hybridized carbons (Fsp3) is 0.238. The van der Waals surface area contributed by atoms with Gasteiger partial charge < -0.3 is 9.73 Å². The molecule has 25 heavy (non-hydrogen) atoms. The molecule has 128 valence electrons. The van der Waals surface area contributed by atoms with Crippen molar-refractivity contribution in [3.05, 3.63) is 90.1 Å². The van der Waals surface area contributed by atoms with E-state index in [4.69, 9.17) is 4.42 Å². The summed E-state index contributed by atoms with van der Waals surface area (Å²) in [5, 5.41) is 3.01. The van der Waals surface area contributed by atoms with E-state index < -0.39 is 0 Å². The van der Waals surface area contributed by atoms with Crippen LogP contribution in [0.15, 0.2) is 77.7 Å². The number of amides is 1. The number of carbonyl (C=O) groups is 1. The van der Waals surface area contributed by atoms with Gasteiger partial charge in [0.25, 0.3) is 0 Å². The summed E-state index contributed by atoms with van der Waals surface area (Å²) in [6.07, 6.45) is 7.22. The van der Waals surface area contributed by atoms with Crippen molar-refractivity contribution >= 4 is 5.91 Å². The van der Waals surface area contributed by atoms with Gasteiger partial charge in [0.15, 0.2) is 0 Å². The van der Waals surface area contributed by atoms with E-state index in [2.05, 4.69) is 22.4 Å². The summed E-state index contributed by atoms with van der Waals surface area (Å²) in [6, 6.07) is 18.0. The number of carbonyl (C=O) groups excluding carboxylic acids is 1. The molecule has 0 aliphatic heterocycles. The van der Waals surface area contributed by atoms with Crippen molar-refractivity contribution in [2.24, 2.45) is 0 Å². The Morgan fingerprint density at radius 1 is 1.08 bits per heavy atom. The van der Waals surface area contributed by atoms with Gasteiger partial charge in [-0.1, -0.05) is 36.4 Å². The molecule has 0 saturated heterocycles. The third-order valence-corrected chi connectivity index (χ3v) is 4.21. The Morgan fingerprint density at radius 2 is 1.96 bits per heavy atom. The average Bonchev–Trinajstić information content (AvgIpc) is 3.19. The minimum Gasteiger partial charge on any atom is -0.469 e. The zero-order valence-electron chi connectivity index (χ0n) is 14.1. The summed E-state index contributed by atoms with van der Waals surface area (Å²) in [5.41, 5.74) is 2.28. The van der Waals surface area contributed by atoms with Gasteiger partial charge in [-0.25, -0.2) is 0 Å². The van der Waals surface area contributed by atoms with Crippen LogP contribution in [0.1, 0.15) is 35.6 Å². The maximum atomic E-state index is 12.1. The number of rotatable bonds is 8. The largest absolute Gasteiger partial charge is 0.469 e. The quantitative estimate of drug-likeness (QED) is 0.679. The number of hydrogen-bond donors (Lipinski definition) is 1. The second kappa shape index (κ2) is 8.83. The lowest BCUT2D eigenvalue weighted by Gasteiger charge is -2.15. The summed E-state index contributed by atoms with van der Waals surface area (Å²) in [7, 11) is 0. The van der Waals surface area contributed by atoms with E-state index in [9.17, 15) is 4.79 Å². The zero-order valence-corrected chi connectivity index (χ0v) is 14.1. The van der Waals surface area contributed by atoms with Crippen LogP contribution in [0.2, 0.25) is 0 Å². The lowest BCUT2D eigenvalue weighted by Crippen LogP contribution is -2.26. The van der Waals surface area contributed by atoms with Crippen LogP contribution in [0.5, 0.6) is 0 Å². The number of pyridine rings is 1. The number of aromatic nitrogens is 1. The maximum Gasteiger partial charge on any atom is 0.220 e. The van der Waals surface area contributed by atoms with Crippen LogP contribution in [-0.4, -0.2) is 17.4 Å². The molecule has 2 aromatic heterocycles. The van der Waals surface area contributed by atoms with Gasteiger partial charge in [0.2, 0.25) is 5.91 Å². The second-order valence-electron chi connectivity index (χ2n) is 5.98. The summed E-state index contributed by atoms with van der Waals surface area (Å²) in [6.45, 7) is 0.617. The van der Waals surface area contributed by atoms with Crippen LogP contribution in [0.3, 0.4) is 0 Å². The highest BCUT2D eigenvalue weighted by molar-refractivity contribution is 5.76. The van der Waals surface area contributed by atoms with Crippen LogP contribution in [0, 0.1) is 0 Å². The second-order valence-corrected chi connectivity index (χ2v) is 5.98. The Labute approximate surface area is 147 Å². The standard InChI is InChI=1S/C21H22N2O2/c24-21(11-10-17-6-4-13-22-16-17)23-14-12-19(20-9-5-15-25-20)18-7-2-1-3-8-18/h1-9,13,15-16,19H,10-12,14H2,(H,23,24). The monoisotopic (exact) mass is 334 g/mol. The van der Waals surface area contributed by atoms with Gasteiger partial charge >= 0.3 is 0 Å².